The van der Waals surface area contributed by atoms with Crippen molar-refractivity contribution < 1.29 is 15.0 Å². The number of rotatable bonds is 7. The molecule has 3 N–H and O–H groups in total. The van der Waals surface area contributed by atoms with Crippen LogP contribution in [0.1, 0.15) is 23.2 Å². The van der Waals surface area contributed by atoms with Crippen LogP contribution < -0.4 is 5.32 Å². The molecule has 2 fully saturated rings. The zero-order chi connectivity index (χ0) is 19.4. The maximum atomic E-state index is 12.3. The van der Waals surface area contributed by atoms with Gasteiger partial charge in [-0.15, -0.1) is 0 Å². The Balaban J connectivity index is 1.63. The molecular formula is C20H32N4O3. The number of benzene rings is 1. The highest BCUT2D eigenvalue weighted by Crippen LogP contribution is 2.22. The normalized spacial score (nSPS) is 28.0. The standard InChI is InChI=1S/C20H32N4O3/c1-22(2)18(23-10-6-7-11-23)14-24-13-17(25)19(26)16(24)12-21-20(27)15-8-4-3-5-9-15/h3-5,8-9,16-19,25-26H,6-7,10-14H2,1-2H3,(H,21,27)/t16-,17+,18?,19-/m1/s1. The average Bonchev–Trinajstić information content (AvgIpc) is 3.28. The van der Waals surface area contributed by atoms with Gasteiger partial charge in [-0.1, -0.05) is 18.2 Å². The first-order chi connectivity index (χ1) is 13.0. The highest BCUT2D eigenvalue weighted by molar-refractivity contribution is 5.94. The molecule has 0 saturated carbocycles. The number of likely N-dealkylation sites (N-methyl/N-ethyl adjacent to an activating group) is 1. The zero-order valence-corrected chi connectivity index (χ0v) is 16.3. The van der Waals surface area contributed by atoms with Gasteiger partial charge in [-0.2, -0.15) is 0 Å². The van der Waals surface area contributed by atoms with Crippen molar-refractivity contribution in [1.29, 1.82) is 0 Å². The van der Waals surface area contributed by atoms with Crippen LogP contribution in [0, 0.1) is 0 Å². The Morgan fingerprint density at radius 2 is 1.89 bits per heavy atom. The lowest BCUT2D eigenvalue weighted by molar-refractivity contribution is 0.0291. The molecule has 0 spiro atoms. The van der Waals surface area contributed by atoms with E-state index in [1.165, 1.54) is 12.8 Å². The van der Waals surface area contributed by atoms with Crippen molar-refractivity contribution in [1.82, 2.24) is 20.0 Å². The summed E-state index contributed by atoms with van der Waals surface area (Å²) in [5.41, 5.74) is 0.598. The fourth-order valence-corrected chi connectivity index (χ4v) is 4.16. The molecule has 1 amide bonds. The molecule has 2 aliphatic heterocycles. The third-order valence-corrected chi connectivity index (χ3v) is 5.74. The number of amides is 1. The first-order valence-electron chi connectivity index (χ1n) is 9.81. The number of nitrogens with zero attached hydrogens (tertiary/aromatic N) is 3. The lowest BCUT2D eigenvalue weighted by Crippen LogP contribution is -2.54. The molecule has 0 bridgehead atoms. The van der Waals surface area contributed by atoms with Gasteiger partial charge in [0.05, 0.1) is 24.4 Å². The van der Waals surface area contributed by atoms with Crippen molar-refractivity contribution in [2.45, 2.75) is 37.3 Å². The number of aliphatic hydroxyl groups is 2. The van der Waals surface area contributed by atoms with Gasteiger partial charge in [-0.25, -0.2) is 0 Å². The Hall–Kier alpha value is -1.51. The summed E-state index contributed by atoms with van der Waals surface area (Å²) in [6.45, 7) is 3.62. The molecule has 7 heteroatoms. The Morgan fingerprint density at radius 1 is 1.22 bits per heavy atom. The van der Waals surface area contributed by atoms with E-state index in [1.54, 1.807) is 12.1 Å². The molecule has 0 aliphatic carbocycles. The second-order valence-electron chi connectivity index (χ2n) is 7.84. The first-order valence-corrected chi connectivity index (χ1v) is 9.81. The summed E-state index contributed by atoms with van der Waals surface area (Å²) in [6.07, 6.45) is 1.02. The van der Waals surface area contributed by atoms with E-state index in [-0.39, 0.29) is 18.1 Å². The number of nitrogens with one attached hydrogen (secondary N) is 1. The van der Waals surface area contributed by atoms with Crippen LogP contribution in [-0.4, -0.2) is 102 Å². The number of carbonyl (C=O) groups excluding carboxylic acids is 1. The van der Waals surface area contributed by atoms with Gasteiger partial charge >= 0.3 is 0 Å². The summed E-state index contributed by atoms with van der Waals surface area (Å²) in [6, 6.07) is 8.76. The lowest BCUT2D eigenvalue weighted by atomic mass is 10.1. The van der Waals surface area contributed by atoms with E-state index in [4.69, 9.17) is 0 Å². The maximum absolute atomic E-state index is 12.3. The fourth-order valence-electron chi connectivity index (χ4n) is 4.16. The van der Waals surface area contributed by atoms with Crippen LogP contribution in [0.25, 0.3) is 0 Å². The second kappa shape index (κ2) is 9.12. The molecule has 0 aromatic heterocycles. The Labute approximate surface area is 161 Å². The third-order valence-electron chi connectivity index (χ3n) is 5.74. The SMILES string of the molecule is CN(C)C(CN1C[C@H](O)[C@H](O)[C@H]1CNC(=O)c1ccccc1)N1CCCC1. The molecule has 1 unspecified atom stereocenters. The molecule has 1 aromatic rings. The monoisotopic (exact) mass is 376 g/mol. The Morgan fingerprint density at radius 3 is 2.52 bits per heavy atom. The summed E-state index contributed by atoms with van der Waals surface area (Å²) in [4.78, 5) is 19.1. The van der Waals surface area contributed by atoms with Crippen LogP contribution in [0.15, 0.2) is 30.3 Å². The Bertz CT molecular complexity index is 607. The topological polar surface area (TPSA) is 79.3 Å². The molecule has 2 aliphatic rings. The van der Waals surface area contributed by atoms with E-state index in [9.17, 15) is 15.0 Å². The largest absolute Gasteiger partial charge is 0.389 e. The molecule has 150 valence electrons. The highest BCUT2D eigenvalue weighted by Gasteiger charge is 2.41. The minimum atomic E-state index is -0.859. The molecule has 1 aromatic carbocycles. The Kier molecular flexibility index (Phi) is 6.83. The van der Waals surface area contributed by atoms with Gasteiger partial charge in [0, 0.05) is 25.2 Å². The molecule has 3 rings (SSSR count). The van der Waals surface area contributed by atoms with Crippen LogP contribution in [0.3, 0.4) is 0 Å². The van der Waals surface area contributed by atoms with Crippen molar-refractivity contribution in [3.05, 3.63) is 35.9 Å². The number of hydrogen-bond acceptors (Lipinski definition) is 6. The molecule has 7 nitrogen and oxygen atoms in total. The van der Waals surface area contributed by atoms with E-state index in [2.05, 4.69) is 34.1 Å². The van der Waals surface area contributed by atoms with E-state index >= 15 is 0 Å². The predicted molar refractivity (Wildman–Crippen MR) is 104 cm³/mol. The number of β-amino-alcohol motifs (C(OH)–C–C–N with tert-alkyl or cyclic N) is 1. The summed E-state index contributed by atoms with van der Waals surface area (Å²) < 4.78 is 0. The van der Waals surface area contributed by atoms with Gasteiger partial charge in [0.2, 0.25) is 0 Å². The maximum Gasteiger partial charge on any atom is 0.251 e. The molecular weight excluding hydrogens is 344 g/mol. The molecule has 2 heterocycles. The lowest BCUT2D eigenvalue weighted by Gasteiger charge is -2.38. The van der Waals surface area contributed by atoms with Gasteiger partial charge < -0.3 is 15.5 Å². The van der Waals surface area contributed by atoms with Crippen LogP contribution in [-0.2, 0) is 0 Å². The highest BCUT2D eigenvalue weighted by atomic mass is 16.3. The van der Waals surface area contributed by atoms with E-state index in [0.29, 0.717) is 18.7 Å². The summed E-state index contributed by atoms with van der Waals surface area (Å²) in [5, 5.41) is 23.6. The van der Waals surface area contributed by atoms with Crippen LogP contribution in [0.5, 0.6) is 0 Å². The van der Waals surface area contributed by atoms with Crippen molar-refractivity contribution in [3.63, 3.8) is 0 Å². The number of likely N-dealkylation sites (tertiary alicyclic amines) is 2. The van der Waals surface area contributed by atoms with E-state index < -0.39 is 12.2 Å². The van der Waals surface area contributed by atoms with Crippen molar-refractivity contribution >= 4 is 5.91 Å². The van der Waals surface area contributed by atoms with Gasteiger partial charge in [0.1, 0.15) is 0 Å². The number of hydrogen-bond donors (Lipinski definition) is 3. The number of carbonyl (C=O) groups is 1. The minimum Gasteiger partial charge on any atom is -0.389 e. The predicted octanol–water partition coefficient (Wildman–Crippen LogP) is -0.194. The smallest absolute Gasteiger partial charge is 0.251 e. The van der Waals surface area contributed by atoms with Gasteiger partial charge in [-0.05, 0) is 52.2 Å². The van der Waals surface area contributed by atoms with Crippen molar-refractivity contribution in [3.8, 4) is 0 Å². The molecule has 27 heavy (non-hydrogen) atoms. The minimum absolute atomic E-state index is 0.159. The summed E-state index contributed by atoms with van der Waals surface area (Å²) in [7, 11) is 4.14. The van der Waals surface area contributed by atoms with Crippen LogP contribution in [0.4, 0.5) is 0 Å². The van der Waals surface area contributed by atoms with Gasteiger partial charge in [0.25, 0.3) is 5.91 Å². The van der Waals surface area contributed by atoms with Crippen LogP contribution >= 0.6 is 0 Å². The quantitative estimate of drug-likeness (QED) is 0.612. The van der Waals surface area contributed by atoms with E-state index in [1.807, 2.05) is 18.2 Å². The average molecular weight is 377 g/mol. The molecule has 2 saturated heterocycles. The summed E-state index contributed by atoms with van der Waals surface area (Å²) in [5.74, 6) is -0.159. The molecule has 0 radical (unpaired) electrons. The van der Waals surface area contributed by atoms with Crippen molar-refractivity contribution in [2.24, 2.45) is 0 Å². The summed E-state index contributed by atoms with van der Waals surface area (Å²) >= 11 is 0. The zero-order valence-electron chi connectivity index (χ0n) is 16.3. The van der Waals surface area contributed by atoms with E-state index in [0.717, 1.165) is 19.6 Å². The second-order valence-corrected chi connectivity index (χ2v) is 7.84. The fraction of sp³-hybridized carbons (Fsp3) is 0.650. The molecule has 4 atom stereocenters. The van der Waals surface area contributed by atoms with Gasteiger partial charge in [0.15, 0.2) is 0 Å². The first kappa shape index (κ1) is 20.2. The van der Waals surface area contributed by atoms with Crippen molar-refractivity contribution in [2.75, 3.05) is 46.8 Å². The van der Waals surface area contributed by atoms with Crippen LogP contribution in [0.2, 0.25) is 0 Å². The number of aliphatic hydroxyl groups excluding tert-OH is 2. The van der Waals surface area contributed by atoms with Gasteiger partial charge in [-0.3, -0.25) is 19.5 Å². The third kappa shape index (κ3) is 4.86.